The van der Waals surface area contributed by atoms with E-state index in [9.17, 15) is 0 Å². The zero-order valence-corrected chi connectivity index (χ0v) is 13.0. The highest BCUT2D eigenvalue weighted by atomic mass is 16.5. The SMILES string of the molecule is CNC(c1ccc(C)c(C)c1OC)C1(C)CCCC1. The van der Waals surface area contributed by atoms with E-state index < -0.39 is 0 Å². The van der Waals surface area contributed by atoms with Crippen molar-refractivity contribution in [3.8, 4) is 5.75 Å². The van der Waals surface area contributed by atoms with Crippen molar-refractivity contribution < 1.29 is 4.74 Å². The molecule has 0 radical (unpaired) electrons. The summed E-state index contributed by atoms with van der Waals surface area (Å²) in [5, 5.41) is 3.54. The van der Waals surface area contributed by atoms with E-state index in [1.54, 1.807) is 7.11 Å². The fraction of sp³-hybridized carbons (Fsp3) is 0.647. The first-order valence-corrected chi connectivity index (χ1v) is 7.35. The summed E-state index contributed by atoms with van der Waals surface area (Å²) in [7, 11) is 3.86. The summed E-state index contributed by atoms with van der Waals surface area (Å²) in [5.74, 6) is 1.06. The monoisotopic (exact) mass is 261 g/mol. The van der Waals surface area contributed by atoms with Crippen LogP contribution in [0, 0.1) is 19.3 Å². The maximum Gasteiger partial charge on any atom is 0.126 e. The molecule has 1 aliphatic rings. The molecular formula is C17H27NO. The van der Waals surface area contributed by atoms with E-state index in [1.807, 2.05) is 0 Å². The minimum absolute atomic E-state index is 0.351. The highest BCUT2D eigenvalue weighted by molar-refractivity contribution is 5.47. The molecule has 0 spiro atoms. The van der Waals surface area contributed by atoms with Crippen LogP contribution in [0.4, 0.5) is 0 Å². The molecule has 0 heterocycles. The van der Waals surface area contributed by atoms with Gasteiger partial charge in [-0.05, 0) is 50.3 Å². The smallest absolute Gasteiger partial charge is 0.126 e. The van der Waals surface area contributed by atoms with E-state index in [0.29, 0.717) is 11.5 Å². The van der Waals surface area contributed by atoms with Gasteiger partial charge in [-0.25, -0.2) is 0 Å². The van der Waals surface area contributed by atoms with Crippen LogP contribution in [0.15, 0.2) is 12.1 Å². The second-order valence-corrected chi connectivity index (χ2v) is 6.21. The Balaban J connectivity index is 2.46. The van der Waals surface area contributed by atoms with Crippen molar-refractivity contribution >= 4 is 0 Å². The van der Waals surface area contributed by atoms with Gasteiger partial charge in [-0.3, -0.25) is 0 Å². The third-order valence-electron chi connectivity index (χ3n) is 4.95. The molecule has 0 aliphatic heterocycles. The Hall–Kier alpha value is -1.02. The number of hydrogen-bond acceptors (Lipinski definition) is 2. The van der Waals surface area contributed by atoms with Crippen LogP contribution in [-0.4, -0.2) is 14.2 Å². The standard InChI is InChI=1S/C17H27NO/c1-12-8-9-14(15(19-5)13(12)2)16(18-4)17(3)10-6-7-11-17/h8-9,16,18H,6-7,10-11H2,1-5H3. The average Bonchev–Trinajstić information content (AvgIpc) is 2.82. The van der Waals surface area contributed by atoms with Gasteiger partial charge in [-0.2, -0.15) is 0 Å². The molecule has 0 bridgehead atoms. The van der Waals surface area contributed by atoms with Crippen molar-refractivity contribution in [3.63, 3.8) is 0 Å². The molecule has 0 saturated heterocycles. The first-order valence-electron chi connectivity index (χ1n) is 7.35. The van der Waals surface area contributed by atoms with Gasteiger partial charge in [0.15, 0.2) is 0 Å². The van der Waals surface area contributed by atoms with E-state index in [4.69, 9.17) is 4.74 Å². The van der Waals surface area contributed by atoms with Crippen molar-refractivity contribution in [2.45, 2.75) is 52.5 Å². The highest BCUT2D eigenvalue weighted by Gasteiger charge is 2.38. The molecule has 0 amide bonds. The van der Waals surface area contributed by atoms with Crippen molar-refractivity contribution in [1.82, 2.24) is 5.32 Å². The molecule has 19 heavy (non-hydrogen) atoms. The van der Waals surface area contributed by atoms with Crippen LogP contribution >= 0.6 is 0 Å². The van der Waals surface area contributed by atoms with Gasteiger partial charge in [-0.15, -0.1) is 0 Å². The van der Waals surface area contributed by atoms with E-state index in [1.165, 1.54) is 42.4 Å². The Morgan fingerprint density at radius 2 is 1.84 bits per heavy atom. The first kappa shape index (κ1) is 14.4. The van der Waals surface area contributed by atoms with Gasteiger partial charge in [0, 0.05) is 11.6 Å². The summed E-state index contributed by atoms with van der Waals surface area (Å²) in [6.07, 6.45) is 5.30. The molecule has 1 fully saturated rings. The van der Waals surface area contributed by atoms with E-state index >= 15 is 0 Å². The van der Waals surface area contributed by atoms with Crippen LogP contribution in [0.2, 0.25) is 0 Å². The molecule has 1 N–H and O–H groups in total. The predicted octanol–water partition coefficient (Wildman–Crippen LogP) is 4.15. The Bertz CT molecular complexity index is 447. The number of hydrogen-bond donors (Lipinski definition) is 1. The van der Waals surface area contributed by atoms with Gasteiger partial charge >= 0.3 is 0 Å². The molecule has 2 nitrogen and oxygen atoms in total. The zero-order chi connectivity index (χ0) is 14.0. The Morgan fingerprint density at radius 1 is 1.21 bits per heavy atom. The largest absolute Gasteiger partial charge is 0.496 e. The number of benzene rings is 1. The highest BCUT2D eigenvalue weighted by Crippen LogP contribution is 2.49. The Labute approximate surface area is 117 Å². The van der Waals surface area contributed by atoms with Crippen molar-refractivity contribution in [2.24, 2.45) is 5.41 Å². The second kappa shape index (κ2) is 5.54. The van der Waals surface area contributed by atoms with Crippen LogP contribution in [0.3, 0.4) is 0 Å². The van der Waals surface area contributed by atoms with Crippen LogP contribution in [0.25, 0.3) is 0 Å². The lowest BCUT2D eigenvalue weighted by Gasteiger charge is -2.35. The van der Waals surface area contributed by atoms with Gasteiger partial charge in [0.1, 0.15) is 5.75 Å². The summed E-state index contributed by atoms with van der Waals surface area (Å²) in [6.45, 7) is 6.71. The van der Waals surface area contributed by atoms with Gasteiger partial charge in [0.05, 0.1) is 7.11 Å². The lowest BCUT2D eigenvalue weighted by molar-refractivity contribution is 0.228. The maximum absolute atomic E-state index is 5.70. The second-order valence-electron chi connectivity index (χ2n) is 6.21. The van der Waals surface area contributed by atoms with E-state index in [0.717, 1.165) is 5.75 Å². The zero-order valence-electron chi connectivity index (χ0n) is 13.0. The fourth-order valence-corrected chi connectivity index (χ4v) is 3.66. The molecule has 2 rings (SSSR count). The molecule has 0 aromatic heterocycles. The minimum atomic E-state index is 0.351. The van der Waals surface area contributed by atoms with Crippen molar-refractivity contribution in [1.29, 1.82) is 0 Å². The number of aryl methyl sites for hydroxylation is 1. The third kappa shape index (κ3) is 2.51. The van der Waals surface area contributed by atoms with Crippen molar-refractivity contribution in [3.05, 3.63) is 28.8 Å². The average molecular weight is 261 g/mol. The minimum Gasteiger partial charge on any atom is -0.496 e. The summed E-state index contributed by atoms with van der Waals surface area (Å²) >= 11 is 0. The van der Waals surface area contributed by atoms with E-state index in [2.05, 4.69) is 45.3 Å². The molecule has 106 valence electrons. The molecule has 1 aromatic carbocycles. The van der Waals surface area contributed by atoms with Crippen molar-refractivity contribution in [2.75, 3.05) is 14.2 Å². The molecule has 1 aliphatic carbocycles. The van der Waals surface area contributed by atoms with Gasteiger partial charge in [0.25, 0.3) is 0 Å². The lowest BCUT2D eigenvalue weighted by atomic mass is 9.76. The molecule has 2 heteroatoms. The maximum atomic E-state index is 5.70. The first-order chi connectivity index (χ1) is 9.03. The summed E-state index contributed by atoms with van der Waals surface area (Å²) in [4.78, 5) is 0. The Kier molecular flexibility index (Phi) is 4.19. The third-order valence-corrected chi connectivity index (χ3v) is 4.95. The summed E-state index contributed by atoms with van der Waals surface area (Å²) < 4.78 is 5.70. The van der Waals surface area contributed by atoms with Crippen LogP contribution < -0.4 is 10.1 Å². The van der Waals surface area contributed by atoms with Gasteiger partial charge in [-0.1, -0.05) is 31.9 Å². The number of nitrogens with one attached hydrogen (secondary N) is 1. The molecule has 1 unspecified atom stereocenters. The fourth-order valence-electron chi connectivity index (χ4n) is 3.66. The normalized spacial score (nSPS) is 19.4. The number of ether oxygens (including phenoxy) is 1. The Morgan fingerprint density at radius 3 is 2.37 bits per heavy atom. The molecule has 1 saturated carbocycles. The van der Waals surface area contributed by atoms with Gasteiger partial charge < -0.3 is 10.1 Å². The predicted molar refractivity (Wildman–Crippen MR) is 80.8 cm³/mol. The van der Waals surface area contributed by atoms with Crippen LogP contribution in [0.1, 0.15) is 55.3 Å². The van der Waals surface area contributed by atoms with E-state index in [-0.39, 0.29) is 0 Å². The van der Waals surface area contributed by atoms with Gasteiger partial charge in [0.2, 0.25) is 0 Å². The molecular weight excluding hydrogens is 234 g/mol. The molecule has 1 atom stereocenters. The lowest BCUT2D eigenvalue weighted by Crippen LogP contribution is -2.32. The van der Waals surface area contributed by atoms with Crippen LogP contribution in [-0.2, 0) is 0 Å². The molecule has 1 aromatic rings. The topological polar surface area (TPSA) is 21.3 Å². The quantitative estimate of drug-likeness (QED) is 0.879. The summed E-state index contributed by atoms with van der Waals surface area (Å²) in [5.41, 5.74) is 4.23. The number of methoxy groups -OCH3 is 1. The van der Waals surface area contributed by atoms with Crippen LogP contribution in [0.5, 0.6) is 5.75 Å². The summed E-state index contributed by atoms with van der Waals surface area (Å²) in [6, 6.07) is 4.84. The number of rotatable bonds is 4.